The predicted octanol–water partition coefficient (Wildman–Crippen LogP) is 4.38. The number of aromatic nitrogens is 2. The Balaban J connectivity index is 2.20. The van der Waals surface area contributed by atoms with Gasteiger partial charge in [-0.3, -0.25) is 4.40 Å². The Bertz CT molecular complexity index is 966. The lowest BCUT2D eigenvalue weighted by molar-refractivity contribution is 1.21. The van der Waals surface area contributed by atoms with Crippen molar-refractivity contribution in [3.63, 3.8) is 0 Å². The smallest absolute Gasteiger partial charge is 0.138 e. The molecule has 0 fully saturated rings. The monoisotopic (exact) mass is 275 g/mol. The molecule has 0 aliphatic carbocycles. The lowest BCUT2D eigenvalue weighted by Gasteiger charge is -2.10. The maximum atomic E-state index is 4.74. The summed E-state index contributed by atoms with van der Waals surface area (Å²) >= 11 is 0. The van der Waals surface area contributed by atoms with Gasteiger partial charge >= 0.3 is 0 Å². The van der Waals surface area contributed by atoms with E-state index in [-0.39, 0.29) is 0 Å². The minimum atomic E-state index is 0.922. The highest BCUT2D eigenvalue weighted by Gasteiger charge is 2.10. The van der Waals surface area contributed by atoms with Crippen molar-refractivity contribution in [2.75, 3.05) is 11.9 Å². The maximum Gasteiger partial charge on any atom is 0.138 e. The Morgan fingerprint density at radius 3 is 2.76 bits per heavy atom. The number of imidazole rings is 1. The summed E-state index contributed by atoms with van der Waals surface area (Å²) in [5, 5.41) is 4.66. The molecule has 21 heavy (non-hydrogen) atoms. The number of fused-ring (bicyclic) bond motifs is 5. The molecule has 0 spiro atoms. The van der Waals surface area contributed by atoms with Gasteiger partial charge in [0.25, 0.3) is 0 Å². The summed E-state index contributed by atoms with van der Waals surface area (Å²) in [5.74, 6) is 0. The number of hydrogen-bond donors (Lipinski definition) is 1. The second kappa shape index (κ2) is 4.48. The fourth-order valence-electron chi connectivity index (χ4n) is 3.03. The highest BCUT2D eigenvalue weighted by Crippen LogP contribution is 2.27. The van der Waals surface area contributed by atoms with Crippen molar-refractivity contribution in [2.45, 2.75) is 13.8 Å². The quantitative estimate of drug-likeness (QED) is 0.588. The summed E-state index contributed by atoms with van der Waals surface area (Å²) in [4.78, 5) is 4.74. The molecule has 2 heterocycles. The fourth-order valence-corrected chi connectivity index (χ4v) is 3.03. The average molecular weight is 275 g/mol. The number of nitrogens with one attached hydrogen (secondary N) is 1. The van der Waals surface area contributed by atoms with Gasteiger partial charge in [0.15, 0.2) is 0 Å². The molecule has 0 unspecified atom stereocenters. The number of hydrogen-bond acceptors (Lipinski definition) is 2. The standard InChI is InChI=1S/C18H17N3/c1-3-19-13-8-9-14-12(2)10-18-20-15-6-4-5-7-16(15)21(18)17(14)11-13/h4-11,19H,3H2,1-2H3. The van der Waals surface area contributed by atoms with Gasteiger partial charge in [-0.15, -0.1) is 0 Å². The molecule has 0 aliphatic heterocycles. The van der Waals surface area contributed by atoms with Crippen LogP contribution in [0.15, 0.2) is 48.5 Å². The van der Waals surface area contributed by atoms with Gasteiger partial charge in [0.1, 0.15) is 5.65 Å². The molecule has 0 saturated heterocycles. The highest BCUT2D eigenvalue weighted by atomic mass is 15.0. The second-order valence-electron chi connectivity index (χ2n) is 5.38. The molecule has 3 heteroatoms. The lowest BCUT2D eigenvalue weighted by atomic mass is 10.1. The van der Waals surface area contributed by atoms with Gasteiger partial charge in [-0.2, -0.15) is 0 Å². The van der Waals surface area contributed by atoms with Crippen LogP contribution in [0.25, 0.3) is 27.6 Å². The van der Waals surface area contributed by atoms with Crippen LogP contribution in [0.3, 0.4) is 0 Å². The molecule has 2 aromatic heterocycles. The Labute approximate surface area is 123 Å². The van der Waals surface area contributed by atoms with E-state index in [0.29, 0.717) is 0 Å². The van der Waals surface area contributed by atoms with Crippen molar-refractivity contribution >= 4 is 33.3 Å². The number of anilines is 1. The van der Waals surface area contributed by atoms with E-state index in [1.807, 2.05) is 6.07 Å². The molecule has 104 valence electrons. The van der Waals surface area contributed by atoms with Crippen LogP contribution < -0.4 is 5.32 Å². The molecule has 0 saturated carbocycles. The van der Waals surface area contributed by atoms with Gasteiger partial charge in [-0.1, -0.05) is 18.2 Å². The van der Waals surface area contributed by atoms with E-state index < -0.39 is 0 Å². The molecule has 4 aromatic rings. The molecule has 0 atom stereocenters. The molecular weight excluding hydrogens is 258 g/mol. The minimum Gasteiger partial charge on any atom is -0.385 e. The molecular formula is C18H17N3. The van der Waals surface area contributed by atoms with Crippen LogP contribution >= 0.6 is 0 Å². The lowest BCUT2D eigenvalue weighted by Crippen LogP contribution is -1.98. The molecule has 4 rings (SSSR count). The van der Waals surface area contributed by atoms with Crippen molar-refractivity contribution in [1.29, 1.82) is 0 Å². The number of nitrogens with zero attached hydrogens (tertiary/aromatic N) is 2. The van der Waals surface area contributed by atoms with Gasteiger partial charge in [0, 0.05) is 17.6 Å². The average Bonchev–Trinajstić information content (AvgIpc) is 2.85. The SMILES string of the molecule is CCNc1ccc2c(C)cc3nc4ccccc4n3c2c1. The topological polar surface area (TPSA) is 29.3 Å². The van der Waals surface area contributed by atoms with Crippen molar-refractivity contribution in [2.24, 2.45) is 0 Å². The van der Waals surface area contributed by atoms with E-state index in [9.17, 15) is 0 Å². The molecule has 0 aliphatic rings. The van der Waals surface area contributed by atoms with Crippen LogP contribution in [0.4, 0.5) is 5.69 Å². The predicted molar refractivity (Wildman–Crippen MR) is 89.1 cm³/mol. The number of para-hydroxylation sites is 2. The first-order valence-corrected chi connectivity index (χ1v) is 7.32. The largest absolute Gasteiger partial charge is 0.385 e. The Morgan fingerprint density at radius 2 is 1.90 bits per heavy atom. The molecule has 1 N–H and O–H groups in total. The maximum absolute atomic E-state index is 4.74. The summed E-state index contributed by atoms with van der Waals surface area (Å²) in [5.41, 5.74) is 6.82. The summed E-state index contributed by atoms with van der Waals surface area (Å²) in [7, 11) is 0. The van der Waals surface area contributed by atoms with E-state index in [0.717, 1.165) is 28.9 Å². The first kappa shape index (κ1) is 12.2. The first-order chi connectivity index (χ1) is 10.3. The molecule has 2 aromatic carbocycles. The number of pyridine rings is 1. The molecule has 0 bridgehead atoms. The molecule has 0 radical (unpaired) electrons. The van der Waals surface area contributed by atoms with Crippen molar-refractivity contribution in [3.8, 4) is 0 Å². The van der Waals surface area contributed by atoms with Gasteiger partial charge in [-0.25, -0.2) is 4.98 Å². The molecule has 0 amide bonds. The van der Waals surface area contributed by atoms with Crippen molar-refractivity contribution < 1.29 is 0 Å². The number of rotatable bonds is 2. The fraction of sp³-hybridized carbons (Fsp3) is 0.167. The zero-order valence-corrected chi connectivity index (χ0v) is 12.2. The van der Waals surface area contributed by atoms with E-state index in [1.54, 1.807) is 0 Å². The third-order valence-corrected chi connectivity index (χ3v) is 3.98. The number of aryl methyl sites for hydroxylation is 1. The summed E-state index contributed by atoms with van der Waals surface area (Å²) in [6.45, 7) is 5.18. The van der Waals surface area contributed by atoms with Crippen LogP contribution in [0.1, 0.15) is 12.5 Å². The van der Waals surface area contributed by atoms with Gasteiger partial charge < -0.3 is 5.32 Å². The van der Waals surface area contributed by atoms with Crippen LogP contribution in [-0.4, -0.2) is 15.9 Å². The van der Waals surface area contributed by atoms with Gasteiger partial charge in [0.2, 0.25) is 0 Å². The highest BCUT2D eigenvalue weighted by molar-refractivity contribution is 5.93. The van der Waals surface area contributed by atoms with Crippen molar-refractivity contribution in [1.82, 2.24) is 9.38 Å². The van der Waals surface area contributed by atoms with Gasteiger partial charge in [-0.05, 0) is 49.7 Å². The third-order valence-electron chi connectivity index (χ3n) is 3.98. The Hall–Kier alpha value is -2.55. The summed E-state index contributed by atoms with van der Waals surface area (Å²) in [6, 6.07) is 17.0. The van der Waals surface area contributed by atoms with Gasteiger partial charge in [0.05, 0.1) is 16.6 Å². The number of benzene rings is 2. The van der Waals surface area contributed by atoms with Crippen LogP contribution in [0, 0.1) is 6.92 Å². The molecule has 3 nitrogen and oxygen atoms in total. The second-order valence-corrected chi connectivity index (χ2v) is 5.38. The first-order valence-electron chi connectivity index (χ1n) is 7.32. The van der Waals surface area contributed by atoms with Crippen molar-refractivity contribution in [3.05, 3.63) is 54.1 Å². The van der Waals surface area contributed by atoms with Crippen LogP contribution in [0.5, 0.6) is 0 Å². The summed E-state index contributed by atoms with van der Waals surface area (Å²) < 4.78 is 2.25. The van der Waals surface area contributed by atoms with E-state index >= 15 is 0 Å². The third kappa shape index (κ3) is 1.77. The minimum absolute atomic E-state index is 0.922. The Kier molecular flexibility index (Phi) is 2.61. The normalized spacial score (nSPS) is 11.5. The van der Waals surface area contributed by atoms with Crippen LogP contribution in [0.2, 0.25) is 0 Å². The van der Waals surface area contributed by atoms with E-state index in [4.69, 9.17) is 4.98 Å². The van der Waals surface area contributed by atoms with E-state index in [2.05, 4.69) is 66.0 Å². The summed E-state index contributed by atoms with van der Waals surface area (Å²) in [6.07, 6.45) is 0. The van der Waals surface area contributed by atoms with E-state index in [1.165, 1.54) is 16.5 Å². The van der Waals surface area contributed by atoms with Crippen LogP contribution in [-0.2, 0) is 0 Å². The zero-order chi connectivity index (χ0) is 14.4. The zero-order valence-electron chi connectivity index (χ0n) is 12.2. The Morgan fingerprint density at radius 1 is 1.05 bits per heavy atom.